The molecular weight excluding hydrogens is 520 g/mol. The first-order valence-electron chi connectivity index (χ1n) is 10.4. The number of hydrogen-bond donors (Lipinski definition) is 2. The molecule has 1 aliphatic heterocycles. The average Bonchev–Trinajstić information content (AvgIpc) is 3.27. The Balaban J connectivity index is 0.00000341. The number of aromatic amines is 1. The van der Waals surface area contributed by atoms with Crippen molar-refractivity contribution in [3.63, 3.8) is 0 Å². The number of aromatic nitrogens is 3. The van der Waals surface area contributed by atoms with Crippen molar-refractivity contribution in [2.24, 2.45) is 4.99 Å². The molecule has 1 fully saturated rings. The maximum Gasteiger partial charge on any atom is 0.416 e. The minimum Gasteiger partial charge on any atom is -0.357 e. The van der Waals surface area contributed by atoms with E-state index >= 15 is 0 Å². The van der Waals surface area contributed by atoms with Crippen molar-refractivity contribution in [1.29, 1.82) is 0 Å². The molecule has 6 nitrogen and oxygen atoms in total. The molecule has 2 heterocycles. The highest BCUT2D eigenvalue weighted by Crippen LogP contribution is 2.31. The number of hydrogen-bond acceptors (Lipinski definition) is 3. The summed E-state index contributed by atoms with van der Waals surface area (Å²) in [5.41, 5.74) is 0.0937. The van der Waals surface area contributed by atoms with Gasteiger partial charge in [-0.2, -0.15) is 18.3 Å². The van der Waals surface area contributed by atoms with Gasteiger partial charge in [0.1, 0.15) is 12.2 Å². The van der Waals surface area contributed by atoms with E-state index in [1.54, 1.807) is 12.4 Å². The summed E-state index contributed by atoms with van der Waals surface area (Å²) in [5, 5.41) is 10.2. The number of H-pyrrole nitrogens is 1. The van der Waals surface area contributed by atoms with E-state index in [9.17, 15) is 13.2 Å². The van der Waals surface area contributed by atoms with Crippen LogP contribution in [0.1, 0.15) is 61.9 Å². The molecule has 172 valence electrons. The molecule has 0 aliphatic carbocycles. The Labute approximate surface area is 198 Å². The fourth-order valence-corrected chi connectivity index (χ4v) is 3.75. The third-order valence-corrected chi connectivity index (χ3v) is 5.56. The minimum absolute atomic E-state index is 0. The number of likely N-dealkylation sites (tertiary alicyclic amines) is 1. The lowest BCUT2D eigenvalue weighted by Gasteiger charge is -2.33. The van der Waals surface area contributed by atoms with Gasteiger partial charge in [0.25, 0.3) is 0 Å². The van der Waals surface area contributed by atoms with E-state index in [-0.39, 0.29) is 29.9 Å². The Kier molecular flexibility index (Phi) is 9.57. The summed E-state index contributed by atoms with van der Waals surface area (Å²) >= 11 is 0. The van der Waals surface area contributed by atoms with Crippen LogP contribution in [-0.4, -0.2) is 52.2 Å². The van der Waals surface area contributed by atoms with Crippen LogP contribution in [-0.2, 0) is 6.18 Å². The number of guanidine groups is 1. The van der Waals surface area contributed by atoms with E-state index in [1.165, 1.54) is 12.1 Å². The van der Waals surface area contributed by atoms with Crippen LogP contribution in [0.15, 0.2) is 35.6 Å². The van der Waals surface area contributed by atoms with Gasteiger partial charge in [0.15, 0.2) is 5.96 Å². The molecule has 2 N–H and O–H groups in total. The highest BCUT2D eigenvalue weighted by molar-refractivity contribution is 14.0. The molecule has 10 heteroatoms. The highest BCUT2D eigenvalue weighted by atomic mass is 127. The number of halogens is 4. The van der Waals surface area contributed by atoms with Gasteiger partial charge < -0.3 is 10.2 Å². The van der Waals surface area contributed by atoms with Crippen molar-refractivity contribution in [2.45, 2.75) is 51.1 Å². The van der Waals surface area contributed by atoms with Crippen molar-refractivity contribution >= 4 is 29.9 Å². The second kappa shape index (κ2) is 11.7. The quantitative estimate of drug-likeness (QED) is 0.309. The summed E-state index contributed by atoms with van der Waals surface area (Å²) in [5.74, 6) is 2.18. The van der Waals surface area contributed by atoms with E-state index in [0.717, 1.165) is 50.3 Å². The number of benzene rings is 1. The van der Waals surface area contributed by atoms with E-state index in [4.69, 9.17) is 4.99 Å². The molecule has 31 heavy (non-hydrogen) atoms. The van der Waals surface area contributed by atoms with Crippen LogP contribution in [0.2, 0.25) is 0 Å². The maximum atomic E-state index is 13.0. The van der Waals surface area contributed by atoms with Crippen LogP contribution >= 0.6 is 24.0 Å². The number of piperidine rings is 1. The Morgan fingerprint density at radius 2 is 2.06 bits per heavy atom. The monoisotopic (exact) mass is 550 g/mol. The van der Waals surface area contributed by atoms with Crippen molar-refractivity contribution in [1.82, 2.24) is 25.4 Å². The normalized spacial score (nSPS) is 16.7. The van der Waals surface area contributed by atoms with Gasteiger partial charge in [0.2, 0.25) is 0 Å². The molecule has 0 saturated carbocycles. The molecule has 3 rings (SSSR count). The Bertz CT molecular complexity index is 817. The predicted octanol–water partition coefficient (Wildman–Crippen LogP) is 4.78. The summed E-state index contributed by atoms with van der Waals surface area (Å²) in [4.78, 5) is 11.2. The first kappa shape index (κ1) is 25.4. The lowest BCUT2D eigenvalue weighted by Crippen LogP contribution is -2.45. The summed E-state index contributed by atoms with van der Waals surface area (Å²) in [7, 11) is 0. The van der Waals surface area contributed by atoms with Gasteiger partial charge in [-0.15, -0.1) is 24.0 Å². The molecule has 2 aromatic rings. The third-order valence-electron chi connectivity index (χ3n) is 5.56. The fraction of sp³-hybridized carbons (Fsp3) is 0.571. The molecule has 0 spiro atoms. The zero-order valence-corrected chi connectivity index (χ0v) is 20.2. The fourth-order valence-electron chi connectivity index (χ4n) is 3.75. The van der Waals surface area contributed by atoms with Gasteiger partial charge in [0.05, 0.1) is 5.56 Å². The molecule has 1 aromatic carbocycles. The third kappa shape index (κ3) is 7.08. The Morgan fingerprint density at radius 3 is 2.68 bits per heavy atom. The van der Waals surface area contributed by atoms with Crippen LogP contribution in [0.5, 0.6) is 0 Å². The van der Waals surface area contributed by atoms with Crippen molar-refractivity contribution in [3.05, 3.63) is 47.5 Å². The first-order chi connectivity index (χ1) is 14.4. The first-order valence-corrected chi connectivity index (χ1v) is 10.4. The van der Waals surface area contributed by atoms with Gasteiger partial charge in [-0.3, -0.25) is 10.1 Å². The SMILES string of the molecule is CCNC(=NCCC(C)c1cccc(C(F)(F)F)c1)N1CCC(c2ncn[nH]2)CC1.I. The van der Waals surface area contributed by atoms with Crippen molar-refractivity contribution in [2.75, 3.05) is 26.2 Å². The van der Waals surface area contributed by atoms with Crippen LogP contribution in [0.25, 0.3) is 0 Å². The van der Waals surface area contributed by atoms with Crippen molar-refractivity contribution in [3.8, 4) is 0 Å². The lowest BCUT2D eigenvalue weighted by atomic mass is 9.96. The summed E-state index contributed by atoms with van der Waals surface area (Å²) in [6.45, 7) is 7.05. The van der Waals surface area contributed by atoms with Gasteiger partial charge >= 0.3 is 6.18 Å². The molecular formula is C21H30F3IN6. The van der Waals surface area contributed by atoms with E-state index in [2.05, 4.69) is 25.4 Å². The Hall–Kier alpha value is -1.85. The second-order valence-corrected chi connectivity index (χ2v) is 7.68. The molecule has 1 unspecified atom stereocenters. The number of nitrogens with zero attached hydrogens (tertiary/aromatic N) is 4. The predicted molar refractivity (Wildman–Crippen MR) is 126 cm³/mol. The summed E-state index contributed by atoms with van der Waals surface area (Å²) in [6.07, 6.45) is -0.145. The van der Waals surface area contributed by atoms with Gasteiger partial charge in [-0.05, 0) is 43.7 Å². The molecule has 0 radical (unpaired) electrons. The highest BCUT2D eigenvalue weighted by Gasteiger charge is 2.30. The molecule has 1 atom stereocenters. The topological polar surface area (TPSA) is 69.2 Å². The molecule has 0 amide bonds. The number of nitrogens with one attached hydrogen (secondary N) is 2. The molecule has 1 aliphatic rings. The van der Waals surface area contributed by atoms with E-state index in [0.29, 0.717) is 24.4 Å². The minimum atomic E-state index is -4.32. The van der Waals surface area contributed by atoms with E-state index in [1.807, 2.05) is 13.8 Å². The van der Waals surface area contributed by atoms with Gasteiger partial charge in [-0.25, -0.2) is 4.98 Å². The van der Waals surface area contributed by atoms with E-state index < -0.39 is 11.7 Å². The molecule has 1 aromatic heterocycles. The van der Waals surface area contributed by atoms with Crippen molar-refractivity contribution < 1.29 is 13.2 Å². The van der Waals surface area contributed by atoms with Crippen LogP contribution in [0, 0.1) is 0 Å². The molecule has 1 saturated heterocycles. The maximum absolute atomic E-state index is 13.0. The second-order valence-electron chi connectivity index (χ2n) is 7.68. The molecule has 0 bridgehead atoms. The smallest absolute Gasteiger partial charge is 0.357 e. The van der Waals surface area contributed by atoms with Gasteiger partial charge in [0, 0.05) is 32.1 Å². The number of alkyl halides is 3. The van der Waals surface area contributed by atoms with Crippen LogP contribution in [0.4, 0.5) is 13.2 Å². The summed E-state index contributed by atoms with van der Waals surface area (Å²) in [6, 6.07) is 5.58. The lowest BCUT2D eigenvalue weighted by molar-refractivity contribution is -0.137. The largest absolute Gasteiger partial charge is 0.416 e. The van der Waals surface area contributed by atoms with Crippen LogP contribution in [0.3, 0.4) is 0 Å². The standard InChI is InChI=1S/C21H29F3N6.HI/c1-3-25-20(30-11-8-16(9-12-30)19-27-14-28-29-19)26-10-7-15(2)17-5-4-6-18(13-17)21(22,23)24;/h4-6,13-16H,3,7-12H2,1-2H3,(H,25,26)(H,27,28,29);1H. The number of aliphatic imine (C=N–C) groups is 1. The zero-order valence-electron chi connectivity index (χ0n) is 17.8. The van der Waals surface area contributed by atoms with Gasteiger partial charge in [-0.1, -0.05) is 25.1 Å². The number of rotatable bonds is 6. The van der Waals surface area contributed by atoms with Crippen LogP contribution < -0.4 is 5.32 Å². The summed E-state index contributed by atoms with van der Waals surface area (Å²) < 4.78 is 38.9. The average molecular weight is 550 g/mol. The zero-order chi connectivity index (χ0) is 21.6. The Morgan fingerprint density at radius 1 is 1.32 bits per heavy atom.